The molecule has 0 spiro atoms. The van der Waals surface area contributed by atoms with Gasteiger partial charge in [0.2, 0.25) is 0 Å². The van der Waals surface area contributed by atoms with Gasteiger partial charge in [-0.15, -0.1) is 24.0 Å². The molecule has 4 aliphatic rings. The van der Waals surface area contributed by atoms with E-state index in [9.17, 15) is 4.79 Å². The number of hydrogen-bond acceptors (Lipinski definition) is 5. The highest BCUT2D eigenvalue weighted by atomic mass is 127. The van der Waals surface area contributed by atoms with Gasteiger partial charge < -0.3 is 15.4 Å². The summed E-state index contributed by atoms with van der Waals surface area (Å²) in [6.45, 7) is 12.1. The van der Waals surface area contributed by atoms with Gasteiger partial charge in [-0.25, -0.2) is 0 Å². The first kappa shape index (κ1) is 22.7. The van der Waals surface area contributed by atoms with E-state index in [0.717, 1.165) is 51.3 Å². The lowest BCUT2D eigenvalue weighted by Gasteiger charge is -2.47. The van der Waals surface area contributed by atoms with Gasteiger partial charge in [-0.05, 0) is 39.5 Å². The second kappa shape index (κ2) is 11.4. The highest BCUT2D eigenvalue weighted by molar-refractivity contribution is 14.0. The summed E-state index contributed by atoms with van der Waals surface area (Å²) in [6.07, 6.45) is 3.80. The molecule has 7 nitrogen and oxygen atoms in total. The molecule has 156 valence electrons. The summed E-state index contributed by atoms with van der Waals surface area (Å²) in [5.41, 5.74) is 0. The van der Waals surface area contributed by atoms with Crippen LogP contribution in [0.25, 0.3) is 0 Å². The molecule has 3 saturated heterocycles. The normalized spacial score (nSPS) is 33.1. The van der Waals surface area contributed by atoms with Crippen molar-refractivity contribution in [2.45, 2.75) is 51.6 Å². The van der Waals surface area contributed by atoms with Gasteiger partial charge in [0.05, 0.1) is 19.1 Å². The van der Waals surface area contributed by atoms with Crippen molar-refractivity contribution in [1.29, 1.82) is 0 Å². The first-order valence-electron chi connectivity index (χ1n) is 10.4. The standard InChI is InChI=1S/C19H35N5O2.HI/c1-3-20-19(21-13-17-14-23-9-11-24(17)12-10-23)22-16-7-5-15(6-8-16)18(25)26-4-2;/h15-17H,3-14H2,1-2H3,(H2,20,21,22);1H. The van der Waals surface area contributed by atoms with Crippen molar-refractivity contribution in [3.63, 3.8) is 0 Å². The number of carbonyl (C=O) groups excluding carboxylic acids is 1. The Labute approximate surface area is 180 Å². The van der Waals surface area contributed by atoms with E-state index in [1.165, 1.54) is 26.2 Å². The van der Waals surface area contributed by atoms with Crippen molar-refractivity contribution >= 4 is 35.9 Å². The van der Waals surface area contributed by atoms with E-state index in [0.29, 0.717) is 18.7 Å². The number of aliphatic imine (C=N–C) groups is 1. The summed E-state index contributed by atoms with van der Waals surface area (Å²) in [5.74, 6) is 0.972. The van der Waals surface area contributed by atoms with Crippen LogP contribution in [0.4, 0.5) is 0 Å². The van der Waals surface area contributed by atoms with Gasteiger partial charge in [-0.1, -0.05) is 0 Å². The van der Waals surface area contributed by atoms with Crippen LogP contribution in [0.3, 0.4) is 0 Å². The molecule has 0 aromatic rings. The van der Waals surface area contributed by atoms with Crippen LogP contribution < -0.4 is 10.6 Å². The maximum absolute atomic E-state index is 11.9. The Kier molecular flexibility index (Phi) is 9.58. The molecule has 1 unspecified atom stereocenters. The Morgan fingerprint density at radius 3 is 2.37 bits per heavy atom. The van der Waals surface area contributed by atoms with Crippen LogP contribution in [-0.4, -0.2) is 86.2 Å². The number of ether oxygens (including phenoxy) is 1. The highest BCUT2D eigenvalue weighted by Crippen LogP contribution is 2.25. The molecule has 0 radical (unpaired) electrons. The van der Waals surface area contributed by atoms with Crippen molar-refractivity contribution in [2.24, 2.45) is 10.9 Å². The average Bonchev–Trinajstić information content (AvgIpc) is 2.68. The molecular weight excluding hydrogens is 457 g/mol. The van der Waals surface area contributed by atoms with Crippen LogP contribution in [0.1, 0.15) is 39.5 Å². The number of piperazine rings is 3. The average molecular weight is 493 g/mol. The second-order valence-corrected chi connectivity index (χ2v) is 7.65. The molecule has 3 aliphatic heterocycles. The summed E-state index contributed by atoms with van der Waals surface area (Å²) in [5, 5.41) is 6.97. The molecule has 8 heteroatoms. The molecule has 2 N–H and O–H groups in total. The minimum absolute atomic E-state index is 0. The number of halogens is 1. The van der Waals surface area contributed by atoms with Crippen LogP contribution >= 0.6 is 24.0 Å². The predicted octanol–water partition coefficient (Wildman–Crippen LogP) is 1.28. The SMILES string of the molecule is CCNC(=NCC1CN2CCN1CC2)NC1CCC(C(=O)OCC)CC1.I. The third-order valence-corrected chi connectivity index (χ3v) is 5.88. The fraction of sp³-hybridized carbons (Fsp3) is 0.895. The van der Waals surface area contributed by atoms with Crippen molar-refractivity contribution < 1.29 is 9.53 Å². The van der Waals surface area contributed by atoms with E-state index in [4.69, 9.17) is 9.73 Å². The first-order valence-corrected chi connectivity index (χ1v) is 10.4. The van der Waals surface area contributed by atoms with E-state index in [1.807, 2.05) is 6.92 Å². The Morgan fingerprint density at radius 2 is 1.81 bits per heavy atom. The molecule has 1 atom stereocenters. The Bertz CT molecular complexity index is 488. The second-order valence-electron chi connectivity index (χ2n) is 7.65. The quantitative estimate of drug-likeness (QED) is 0.252. The maximum atomic E-state index is 11.9. The van der Waals surface area contributed by atoms with Gasteiger partial charge in [0, 0.05) is 51.4 Å². The summed E-state index contributed by atoms with van der Waals surface area (Å²) in [6, 6.07) is 0.942. The number of guanidine groups is 1. The lowest BCUT2D eigenvalue weighted by Crippen LogP contribution is -2.62. The molecule has 1 aliphatic carbocycles. The third-order valence-electron chi connectivity index (χ3n) is 5.88. The summed E-state index contributed by atoms with van der Waals surface area (Å²) >= 11 is 0. The van der Waals surface area contributed by atoms with Crippen molar-refractivity contribution in [3.05, 3.63) is 0 Å². The highest BCUT2D eigenvalue weighted by Gasteiger charge is 2.32. The topological polar surface area (TPSA) is 69.2 Å². The number of carbonyl (C=O) groups is 1. The van der Waals surface area contributed by atoms with Gasteiger partial charge in [0.25, 0.3) is 0 Å². The predicted molar refractivity (Wildman–Crippen MR) is 119 cm³/mol. The molecule has 0 aromatic carbocycles. The smallest absolute Gasteiger partial charge is 0.308 e. The van der Waals surface area contributed by atoms with Crippen LogP contribution in [-0.2, 0) is 9.53 Å². The van der Waals surface area contributed by atoms with Crippen LogP contribution in [0.2, 0.25) is 0 Å². The van der Waals surface area contributed by atoms with E-state index < -0.39 is 0 Å². The largest absolute Gasteiger partial charge is 0.466 e. The van der Waals surface area contributed by atoms with Crippen LogP contribution in [0.5, 0.6) is 0 Å². The molecular formula is C19H36IN5O2. The fourth-order valence-corrected chi connectivity index (χ4v) is 4.34. The van der Waals surface area contributed by atoms with Crippen LogP contribution in [0.15, 0.2) is 4.99 Å². The molecule has 0 amide bonds. The van der Waals surface area contributed by atoms with Crippen molar-refractivity contribution in [1.82, 2.24) is 20.4 Å². The molecule has 3 heterocycles. The summed E-state index contributed by atoms with van der Waals surface area (Å²) in [7, 11) is 0. The minimum Gasteiger partial charge on any atom is -0.466 e. The number of hydrogen-bond donors (Lipinski definition) is 2. The zero-order valence-electron chi connectivity index (χ0n) is 16.8. The number of nitrogens with zero attached hydrogens (tertiary/aromatic N) is 3. The van der Waals surface area contributed by atoms with Gasteiger partial charge in [-0.2, -0.15) is 0 Å². The molecule has 2 bridgehead atoms. The number of fused-ring (bicyclic) bond motifs is 3. The zero-order valence-corrected chi connectivity index (χ0v) is 19.1. The van der Waals surface area contributed by atoms with E-state index >= 15 is 0 Å². The van der Waals surface area contributed by atoms with Gasteiger partial charge in [-0.3, -0.25) is 19.6 Å². The van der Waals surface area contributed by atoms with E-state index in [1.54, 1.807) is 0 Å². The van der Waals surface area contributed by atoms with E-state index in [-0.39, 0.29) is 35.9 Å². The van der Waals surface area contributed by atoms with Gasteiger partial charge in [0.1, 0.15) is 0 Å². The molecule has 4 fully saturated rings. The maximum Gasteiger partial charge on any atom is 0.308 e. The Morgan fingerprint density at radius 1 is 1.11 bits per heavy atom. The Balaban J connectivity index is 0.00000261. The fourth-order valence-electron chi connectivity index (χ4n) is 4.34. The summed E-state index contributed by atoms with van der Waals surface area (Å²) < 4.78 is 5.16. The molecule has 4 rings (SSSR count). The molecule has 0 aromatic heterocycles. The third kappa shape index (κ3) is 6.45. The molecule has 1 saturated carbocycles. The molecule has 27 heavy (non-hydrogen) atoms. The number of esters is 1. The van der Waals surface area contributed by atoms with Gasteiger partial charge >= 0.3 is 5.97 Å². The van der Waals surface area contributed by atoms with Crippen molar-refractivity contribution in [2.75, 3.05) is 52.4 Å². The lowest BCUT2D eigenvalue weighted by molar-refractivity contribution is -0.149. The van der Waals surface area contributed by atoms with Crippen molar-refractivity contribution in [3.8, 4) is 0 Å². The zero-order chi connectivity index (χ0) is 18.4. The first-order chi connectivity index (χ1) is 12.7. The van der Waals surface area contributed by atoms with Crippen LogP contribution in [0, 0.1) is 5.92 Å². The summed E-state index contributed by atoms with van der Waals surface area (Å²) in [4.78, 5) is 21.9. The minimum atomic E-state index is -0.0251. The number of rotatable bonds is 6. The van der Waals surface area contributed by atoms with E-state index in [2.05, 4.69) is 27.4 Å². The van der Waals surface area contributed by atoms with Gasteiger partial charge in [0.15, 0.2) is 5.96 Å². The lowest BCUT2D eigenvalue weighted by atomic mass is 9.86. The monoisotopic (exact) mass is 493 g/mol. The Hall–Kier alpha value is -0.610. The number of nitrogens with one attached hydrogen (secondary N) is 2.